The number of esters is 1. The molecule has 0 spiro atoms. The van der Waals surface area contributed by atoms with Crippen molar-refractivity contribution in [2.24, 2.45) is 0 Å². The third kappa shape index (κ3) is 5.66. The molecular formula is C24H24N2O7S. The van der Waals surface area contributed by atoms with Gasteiger partial charge in [-0.2, -0.15) is 4.72 Å². The monoisotopic (exact) mass is 484 g/mol. The fourth-order valence-electron chi connectivity index (χ4n) is 3.25. The van der Waals surface area contributed by atoms with Crippen LogP contribution in [0.2, 0.25) is 0 Å². The summed E-state index contributed by atoms with van der Waals surface area (Å²) in [6.45, 7) is 2.86. The van der Waals surface area contributed by atoms with Crippen molar-refractivity contribution in [1.82, 2.24) is 4.72 Å². The number of aliphatic hydroxyl groups excluding tert-OH is 1. The minimum Gasteiger partial charge on any atom is -0.459 e. The summed E-state index contributed by atoms with van der Waals surface area (Å²) in [6, 6.07) is 19.6. The molecule has 0 aromatic heterocycles. The summed E-state index contributed by atoms with van der Waals surface area (Å²) in [5.41, 5.74) is -0.755. The van der Waals surface area contributed by atoms with Crippen LogP contribution in [-0.2, 0) is 26.2 Å². The van der Waals surface area contributed by atoms with Gasteiger partial charge in [0.2, 0.25) is 10.0 Å². The molecule has 0 fully saturated rings. The van der Waals surface area contributed by atoms with Crippen LogP contribution in [0, 0.1) is 17.0 Å². The predicted molar refractivity (Wildman–Crippen MR) is 124 cm³/mol. The van der Waals surface area contributed by atoms with Crippen LogP contribution in [0.15, 0.2) is 83.8 Å². The summed E-state index contributed by atoms with van der Waals surface area (Å²) in [6.07, 6.45) is -1.71. The smallest absolute Gasteiger partial charge is 0.330 e. The number of nitrogens with one attached hydrogen (secondary N) is 1. The quantitative estimate of drug-likeness (QED) is 0.270. The number of ether oxygens (including phenoxy) is 1. The van der Waals surface area contributed by atoms with E-state index in [1.807, 2.05) is 0 Å². The van der Waals surface area contributed by atoms with Crippen LogP contribution in [0.3, 0.4) is 0 Å². The molecule has 0 heterocycles. The number of carbonyl (C=O) groups excluding carboxylic acids is 1. The molecule has 0 bridgehead atoms. The van der Waals surface area contributed by atoms with Crippen molar-refractivity contribution in [3.8, 4) is 0 Å². The van der Waals surface area contributed by atoms with Crippen LogP contribution in [0.5, 0.6) is 0 Å². The maximum atomic E-state index is 13.2. The highest BCUT2D eigenvalue weighted by molar-refractivity contribution is 7.89. The van der Waals surface area contributed by atoms with E-state index in [9.17, 15) is 28.4 Å². The molecule has 3 aromatic rings. The molecular weight excluding hydrogens is 460 g/mol. The Kier molecular flexibility index (Phi) is 7.45. The summed E-state index contributed by atoms with van der Waals surface area (Å²) in [7, 11) is -4.26. The zero-order valence-corrected chi connectivity index (χ0v) is 19.4. The van der Waals surface area contributed by atoms with E-state index in [1.54, 1.807) is 49.4 Å². The minimum atomic E-state index is -4.26. The molecule has 3 rings (SSSR count). The van der Waals surface area contributed by atoms with Crippen molar-refractivity contribution >= 4 is 21.7 Å². The van der Waals surface area contributed by atoms with Gasteiger partial charge in [0.15, 0.2) is 5.54 Å². The lowest BCUT2D eigenvalue weighted by molar-refractivity contribution is -0.384. The summed E-state index contributed by atoms with van der Waals surface area (Å²) < 4.78 is 33.9. The first-order chi connectivity index (χ1) is 16.0. The SMILES string of the molecule is Cc1ccc(S(=O)(=O)N[C@@](C)(C(=O)OCc2ccccc2)[C@@H](O)c2ccc([N+](=O)[O-])cc2)cc1. The molecule has 0 aliphatic carbocycles. The number of benzene rings is 3. The summed E-state index contributed by atoms with van der Waals surface area (Å²) in [5, 5.41) is 22.0. The van der Waals surface area contributed by atoms with Crippen LogP contribution in [0.25, 0.3) is 0 Å². The maximum absolute atomic E-state index is 13.2. The van der Waals surface area contributed by atoms with Crippen molar-refractivity contribution in [2.45, 2.75) is 37.0 Å². The molecule has 0 aliphatic heterocycles. The average molecular weight is 485 g/mol. The van der Waals surface area contributed by atoms with E-state index in [0.29, 0.717) is 5.56 Å². The number of sulfonamides is 1. The second-order valence-electron chi connectivity index (χ2n) is 7.93. The Morgan fingerprint density at radius 1 is 1.06 bits per heavy atom. The lowest BCUT2D eigenvalue weighted by atomic mass is 9.90. The Balaban J connectivity index is 1.96. The first kappa shape index (κ1) is 25.0. The second kappa shape index (κ2) is 10.1. The zero-order valence-electron chi connectivity index (χ0n) is 18.5. The maximum Gasteiger partial charge on any atom is 0.330 e. The number of non-ortho nitro benzene ring substituents is 1. The number of nitro benzene ring substituents is 1. The molecule has 0 saturated carbocycles. The number of nitrogens with zero attached hydrogens (tertiary/aromatic N) is 1. The van der Waals surface area contributed by atoms with Crippen LogP contribution >= 0.6 is 0 Å². The Morgan fingerprint density at radius 2 is 1.65 bits per heavy atom. The number of hydrogen-bond acceptors (Lipinski definition) is 7. The number of aryl methyl sites for hydroxylation is 1. The van der Waals surface area contributed by atoms with Gasteiger partial charge in [-0.3, -0.25) is 10.1 Å². The molecule has 9 nitrogen and oxygen atoms in total. The molecule has 0 amide bonds. The number of aliphatic hydroxyl groups is 1. The van der Waals surface area contributed by atoms with E-state index in [2.05, 4.69) is 4.72 Å². The minimum absolute atomic E-state index is 0.0939. The van der Waals surface area contributed by atoms with Gasteiger partial charge in [0, 0.05) is 12.1 Å². The highest BCUT2D eigenvalue weighted by atomic mass is 32.2. The second-order valence-corrected chi connectivity index (χ2v) is 9.62. The van der Waals surface area contributed by atoms with Gasteiger partial charge < -0.3 is 9.84 Å². The van der Waals surface area contributed by atoms with Gasteiger partial charge in [0.05, 0.1) is 9.82 Å². The molecule has 2 N–H and O–H groups in total. The lowest BCUT2D eigenvalue weighted by Gasteiger charge is -2.33. The highest BCUT2D eigenvalue weighted by Gasteiger charge is 2.46. The van der Waals surface area contributed by atoms with Crippen LogP contribution in [0.4, 0.5) is 5.69 Å². The van der Waals surface area contributed by atoms with Gasteiger partial charge in [0.1, 0.15) is 12.7 Å². The molecule has 2 atom stereocenters. The normalized spacial score (nSPS) is 14.1. The number of rotatable bonds is 9. The van der Waals surface area contributed by atoms with Crippen LogP contribution in [0.1, 0.15) is 29.7 Å². The van der Waals surface area contributed by atoms with E-state index in [4.69, 9.17) is 4.74 Å². The Bertz CT molecular complexity index is 1260. The van der Waals surface area contributed by atoms with E-state index in [1.165, 1.54) is 31.2 Å². The van der Waals surface area contributed by atoms with Crippen molar-refractivity contribution < 1.29 is 28.0 Å². The molecule has 0 unspecified atom stereocenters. The number of hydrogen-bond donors (Lipinski definition) is 2. The Morgan fingerprint density at radius 3 is 2.21 bits per heavy atom. The largest absolute Gasteiger partial charge is 0.459 e. The Hall–Kier alpha value is -3.60. The molecule has 3 aromatic carbocycles. The van der Waals surface area contributed by atoms with Gasteiger partial charge >= 0.3 is 5.97 Å². The number of carbonyl (C=O) groups is 1. The standard InChI is InChI=1S/C24H24N2O7S/c1-17-8-14-21(15-9-17)34(31,32)25-24(2,23(28)33-16-18-6-4-3-5-7-18)22(27)19-10-12-20(13-11-19)26(29)30/h3-15,22,25,27H,16H2,1-2H3/t22-,24+/m0/s1. The molecule has 34 heavy (non-hydrogen) atoms. The van der Waals surface area contributed by atoms with Crippen molar-refractivity contribution in [2.75, 3.05) is 0 Å². The van der Waals surface area contributed by atoms with Crippen LogP contribution in [-0.4, -0.2) is 30.0 Å². The fraction of sp³-hybridized carbons (Fsp3) is 0.208. The van der Waals surface area contributed by atoms with E-state index >= 15 is 0 Å². The molecule has 178 valence electrons. The first-order valence-corrected chi connectivity index (χ1v) is 11.8. The van der Waals surface area contributed by atoms with Gasteiger partial charge in [-0.15, -0.1) is 0 Å². The lowest BCUT2D eigenvalue weighted by Crippen LogP contribution is -2.56. The summed E-state index contributed by atoms with van der Waals surface area (Å²) >= 11 is 0. The zero-order chi connectivity index (χ0) is 24.9. The highest BCUT2D eigenvalue weighted by Crippen LogP contribution is 2.31. The molecule has 10 heteroatoms. The molecule has 0 radical (unpaired) electrons. The topological polar surface area (TPSA) is 136 Å². The summed E-state index contributed by atoms with van der Waals surface area (Å²) in [5.74, 6) is -1.02. The predicted octanol–water partition coefficient (Wildman–Crippen LogP) is 3.42. The first-order valence-electron chi connectivity index (χ1n) is 10.3. The fourth-order valence-corrected chi connectivity index (χ4v) is 4.61. The van der Waals surface area contributed by atoms with Gasteiger partial charge in [-0.25, -0.2) is 13.2 Å². The number of nitro groups is 1. The summed E-state index contributed by atoms with van der Waals surface area (Å²) in [4.78, 5) is 23.4. The van der Waals surface area contributed by atoms with Gasteiger partial charge in [0.25, 0.3) is 5.69 Å². The van der Waals surface area contributed by atoms with Crippen molar-refractivity contribution in [3.05, 3.63) is 106 Å². The van der Waals surface area contributed by atoms with Gasteiger partial charge in [-0.1, -0.05) is 48.0 Å². The van der Waals surface area contributed by atoms with E-state index < -0.39 is 32.6 Å². The van der Waals surface area contributed by atoms with Crippen molar-refractivity contribution in [1.29, 1.82) is 0 Å². The van der Waals surface area contributed by atoms with Crippen LogP contribution < -0.4 is 4.72 Å². The van der Waals surface area contributed by atoms with E-state index in [0.717, 1.165) is 17.7 Å². The Labute approximate surface area is 197 Å². The third-order valence-electron chi connectivity index (χ3n) is 5.28. The average Bonchev–Trinajstić information content (AvgIpc) is 2.82. The van der Waals surface area contributed by atoms with Gasteiger partial charge in [-0.05, 0) is 49.2 Å². The third-order valence-corrected chi connectivity index (χ3v) is 6.87. The molecule has 0 aliphatic rings. The van der Waals surface area contributed by atoms with E-state index in [-0.39, 0.29) is 22.8 Å². The van der Waals surface area contributed by atoms with Crippen molar-refractivity contribution in [3.63, 3.8) is 0 Å². The molecule has 0 saturated heterocycles.